The number of rotatable bonds is 8. The second-order valence-corrected chi connectivity index (χ2v) is 10.3. The van der Waals surface area contributed by atoms with Crippen LogP contribution in [0.15, 0.2) is 28.4 Å². The molecule has 1 N–H and O–H groups in total. The van der Waals surface area contributed by atoms with E-state index in [2.05, 4.69) is 22.4 Å². The lowest BCUT2D eigenvalue weighted by atomic mass is 9.86. The lowest BCUT2D eigenvalue weighted by Gasteiger charge is -2.29. The van der Waals surface area contributed by atoms with Crippen molar-refractivity contribution in [3.63, 3.8) is 0 Å². The van der Waals surface area contributed by atoms with Crippen LogP contribution in [0, 0.1) is 5.92 Å². The standard InChI is InChI=1S/C19H29N5O3S2/c1-4-23(5-2)29(26,27)15-10-11-17-21-22-19(24(17)12-15)28-13-18(25)20-16-9-7-6-8-14(16)3/h10-12,14,16H,4-9,13H2,1-3H3,(H,20,25). The van der Waals surface area contributed by atoms with Crippen molar-refractivity contribution in [2.24, 2.45) is 5.92 Å². The number of hydrogen-bond donors (Lipinski definition) is 1. The van der Waals surface area contributed by atoms with Gasteiger partial charge in [0.15, 0.2) is 10.8 Å². The molecule has 29 heavy (non-hydrogen) atoms. The number of amides is 1. The van der Waals surface area contributed by atoms with Gasteiger partial charge in [-0.3, -0.25) is 9.20 Å². The molecule has 1 aliphatic carbocycles. The van der Waals surface area contributed by atoms with E-state index in [4.69, 9.17) is 0 Å². The number of pyridine rings is 1. The predicted molar refractivity (Wildman–Crippen MR) is 113 cm³/mol. The van der Waals surface area contributed by atoms with Gasteiger partial charge < -0.3 is 5.32 Å². The topological polar surface area (TPSA) is 96.7 Å². The Morgan fingerprint density at radius 2 is 1.97 bits per heavy atom. The van der Waals surface area contributed by atoms with E-state index in [1.54, 1.807) is 16.5 Å². The summed E-state index contributed by atoms with van der Waals surface area (Å²) in [6.45, 7) is 6.61. The van der Waals surface area contributed by atoms with Crippen LogP contribution in [-0.2, 0) is 14.8 Å². The SMILES string of the molecule is CCN(CC)S(=O)(=O)c1ccc2nnc(SCC(=O)NC3CCCCC3C)n2c1. The number of carbonyl (C=O) groups excluding carboxylic acids is 1. The molecule has 0 radical (unpaired) electrons. The largest absolute Gasteiger partial charge is 0.352 e. The van der Waals surface area contributed by atoms with Crippen molar-refractivity contribution in [3.8, 4) is 0 Å². The molecule has 0 aromatic carbocycles. The molecule has 1 fully saturated rings. The van der Waals surface area contributed by atoms with Gasteiger partial charge in [0.1, 0.15) is 0 Å². The van der Waals surface area contributed by atoms with E-state index in [1.807, 2.05) is 13.8 Å². The molecule has 3 rings (SSSR count). The van der Waals surface area contributed by atoms with E-state index < -0.39 is 10.0 Å². The number of aromatic nitrogens is 3. The third-order valence-electron chi connectivity index (χ3n) is 5.48. The molecule has 1 aliphatic rings. The Hall–Kier alpha value is -1.65. The molecule has 2 atom stereocenters. The summed E-state index contributed by atoms with van der Waals surface area (Å²) in [7, 11) is -3.58. The second-order valence-electron chi connectivity index (χ2n) is 7.39. The molecule has 2 aromatic heterocycles. The van der Waals surface area contributed by atoms with Gasteiger partial charge in [0.2, 0.25) is 15.9 Å². The summed E-state index contributed by atoms with van der Waals surface area (Å²) >= 11 is 1.26. The average molecular weight is 440 g/mol. The summed E-state index contributed by atoms with van der Waals surface area (Å²) in [4.78, 5) is 12.6. The molecule has 2 unspecified atom stereocenters. The fourth-order valence-corrected chi connectivity index (χ4v) is 5.91. The molecule has 8 nitrogen and oxygen atoms in total. The van der Waals surface area contributed by atoms with Crippen LogP contribution in [0.4, 0.5) is 0 Å². The summed E-state index contributed by atoms with van der Waals surface area (Å²) < 4.78 is 28.6. The van der Waals surface area contributed by atoms with Gasteiger partial charge in [0, 0.05) is 25.3 Å². The number of fused-ring (bicyclic) bond motifs is 1. The van der Waals surface area contributed by atoms with Crippen molar-refractivity contribution in [2.45, 2.75) is 62.5 Å². The van der Waals surface area contributed by atoms with Crippen LogP contribution in [0.1, 0.15) is 46.5 Å². The Morgan fingerprint density at radius 3 is 2.66 bits per heavy atom. The first-order valence-electron chi connectivity index (χ1n) is 10.1. The first-order chi connectivity index (χ1) is 13.9. The molecular formula is C19H29N5O3S2. The Morgan fingerprint density at radius 1 is 1.24 bits per heavy atom. The van der Waals surface area contributed by atoms with Gasteiger partial charge >= 0.3 is 0 Å². The first kappa shape index (κ1) is 22.0. The summed E-state index contributed by atoms with van der Waals surface area (Å²) in [5.41, 5.74) is 0.548. The number of thioether (sulfide) groups is 1. The first-order valence-corrected chi connectivity index (χ1v) is 12.6. The summed E-state index contributed by atoms with van der Waals surface area (Å²) in [5, 5.41) is 11.8. The lowest BCUT2D eigenvalue weighted by Crippen LogP contribution is -2.41. The molecular weight excluding hydrogens is 410 g/mol. The second kappa shape index (κ2) is 9.44. The van der Waals surface area contributed by atoms with E-state index in [0.717, 1.165) is 19.3 Å². The van der Waals surface area contributed by atoms with Gasteiger partial charge in [-0.25, -0.2) is 8.42 Å². The minimum Gasteiger partial charge on any atom is -0.352 e. The van der Waals surface area contributed by atoms with Gasteiger partial charge in [-0.05, 0) is 30.9 Å². The van der Waals surface area contributed by atoms with Crippen LogP contribution < -0.4 is 5.32 Å². The zero-order valence-corrected chi connectivity index (χ0v) is 18.8. The lowest BCUT2D eigenvalue weighted by molar-refractivity contribution is -0.119. The summed E-state index contributed by atoms with van der Waals surface area (Å²) in [6.07, 6.45) is 6.09. The molecule has 2 heterocycles. The molecule has 0 bridgehead atoms. The summed E-state index contributed by atoms with van der Waals surface area (Å²) in [5.74, 6) is 0.689. The summed E-state index contributed by atoms with van der Waals surface area (Å²) in [6, 6.07) is 3.42. The Bertz CT molecular complexity index is 956. The molecule has 10 heteroatoms. The average Bonchev–Trinajstić information content (AvgIpc) is 3.11. The van der Waals surface area contributed by atoms with Crippen LogP contribution in [0.25, 0.3) is 5.65 Å². The zero-order valence-electron chi connectivity index (χ0n) is 17.2. The Labute approximate surface area is 176 Å². The predicted octanol–water partition coefficient (Wildman–Crippen LogP) is 2.55. The van der Waals surface area contributed by atoms with E-state index in [9.17, 15) is 13.2 Å². The third kappa shape index (κ3) is 4.92. The van der Waals surface area contributed by atoms with Crippen LogP contribution in [0.2, 0.25) is 0 Å². The number of nitrogens with one attached hydrogen (secondary N) is 1. The fourth-order valence-electron chi connectivity index (χ4n) is 3.72. The maximum atomic E-state index is 12.8. The minimum atomic E-state index is -3.58. The van der Waals surface area contributed by atoms with Crippen LogP contribution in [-0.4, -0.2) is 58.1 Å². The van der Waals surface area contributed by atoms with Gasteiger partial charge in [-0.2, -0.15) is 4.31 Å². The molecule has 1 saturated carbocycles. The highest BCUT2D eigenvalue weighted by Gasteiger charge is 2.24. The number of sulfonamides is 1. The van der Waals surface area contributed by atoms with Crippen molar-refractivity contribution < 1.29 is 13.2 Å². The zero-order chi connectivity index (χ0) is 21.0. The van der Waals surface area contributed by atoms with Gasteiger partial charge in [-0.1, -0.05) is 45.4 Å². The highest BCUT2D eigenvalue weighted by atomic mass is 32.2. The molecule has 0 aliphatic heterocycles. The van der Waals surface area contributed by atoms with E-state index in [-0.39, 0.29) is 22.6 Å². The van der Waals surface area contributed by atoms with E-state index in [1.165, 1.54) is 28.7 Å². The van der Waals surface area contributed by atoms with Crippen LogP contribution >= 0.6 is 11.8 Å². The molecule has 2 aromatic rings. The maximum Gasteiger partial charge on any atom is 0.244 e. The smallest absolute Gasteiger partial charge is 0.244 e. The van der Waals surface area contributed by atoms with Gasteiger partial charge in [0.05, 0.1) is 10.6 Å². The molecule has 0 saturated heterocycles. The van der Waals surface area contributed by atoms with Crippen molar-refractivity contribution in [1.82, 2.24) is 24.2 Å². The van der Waals surface area contributed by atoms with Crippen molar-refractivity contribution in [1.29, 1.82) is 0 Å². The Kier molecular flexibility index (Phi) is 7.18. The van der Waals surface area contributed by atoms with Gasteiger partial charge in [-0.15, -0.1) is 10.2 Å². The quantitative estimate of drug-likeness (QED) is 0.635. The van der Waals surface area contributed by atoms with Crippen LogP contribution in [0.3, 0.4) is 0 Å². The van der Waals surface area contributed by atoms with E-state index in [0.29, 0.717) is 29.8 Å². The highest BCUT2D eigenvalue weighted by Crippen LogP contribution is 2.25. The minimum absolute atomic E-state index is 0.0302. The fraction of sp³-hybridized carbons (Fsp3) is 0.632. The van der Waals surface area contributed by atoms with Crippen molar-refractivity contribution in [3.05, 3.63) is 18.3 Å². The number of carbonyl (C=O) groups is 1. The Balaban J connectivity index is 1.72. The maximum absolute atomic E-state index is 12.8. The highest BCUT2D eigenvalue weighted by molar-refractivity contribution is 7.99. The number of hydrogen-bond acceptors (Lipinski definition) is 6. The third-order valence-corrected chi connectivity index (χ3v) is 8.45. The number of nitrogens with zero attached hydrogens (tertiary/aromatic N) is 4. The normalized spacial score (nSPS) is 20.3. The van der Waals surface area contributed by atoms with Crippen molar-refractivity contribution >= 4 is 33.3 Å². The van der Waals surface area contributed by atoms with Crippen molar-refractivity contribution in [2.75, 3.05) is 18.8 Å². The van der Waals surface area contributed by atoms with Gasteiger partial charge in [0.25, 0.3) is 0 Å². The van der Waals surface area contributed by atoms with Crippen LogP contribution in [0.5, 0.6) is 0 Å². The van der Waals surface area contributed by atoms with E-state index >= 15 is 0 Å². The molecule has 1 amide bonds. The molecule has 0 spiro atoms. The molecule has 160 valence electrons. The monoisotopic (exact) mass is 439 g/mol.